The standard InChI is InChI=1S/C45H75N5O15/c1-45(2,3)65-44(53)46-15-17-55-19-21-57-23-25-59-27-29-61-31-33-63-35-37-64-36-34-62-32-30-60-28-26-58-24-22-56-20-18-54-16-5-8-41(51)6-4-7-42(52)14-11-39-9-12-40(13-10-39)43-49-47-38-48-50-43/h9-10,12-13,38H,4-8,11,14-37H2,1-3H3,(H,46,53). The van der Waals surface area contributed by atoms with Crippen LogP contribution in [0.4, 0.5) is 4.79 Å². The number of alkyl carbamates (subject to hydrolysis) is 1. The number of hydrogen-bond acceptors (Lipinski definition) is 19. The number of benzene rings is 1. The first-order valence-electron chi connectivity index (χ1n) is 22.7. The molecular weight excluding hydrogens is 851 g/mol. The Morgan fingerprint density at radius 1 is 0.462 bits per heavy atom. The molecular formula is C45H75N5O15. The number of nitrogens with zero attached hydrogens (tertiary/aromatic N) is 4. The van der Waals surface area contributed by atoms with Gasteiger partial charge >= 0.3 is 6.09 Å². The van der Waals surface area contributed by atoms with Gasteiger partial charge in [-0.15, -0.1) is 20.4 Å². The monoisotopic (exact) mass is 926 g/mol. The van der Waals surface area contributed by atoms with Crippen LogP contribution in [-0.4, -0.2) is 196 Å². The van der Waals surface area contributed by atoms with Crippen molar-refractivity contribution in [3.8, 4) is 11.4 Å². The fourth-order valence-corrected chi connectivity index (χ4v) is 5.37. The topological polar surface area (TPSA) is 226 Å². The summed E-state index contributed by atoms with van der Waals surface area (Å²) in [6.07, 6.45) is 4.41. The van der Waals surface area contributed by atoms with Crippen molar-refractivity contribution >= 4 is 17.7 Å². The van der Waals surface area contributed by atoms with Gasteiger partial charge in [0.2, 0.25) is 5.82 Å². The third-order valence-electron chi connectivity index (χ3n) is 8.60. The lowest BCUT2D eigenvalue weighted by atomic mass is 10.0. The van der Waals surface area contributed by atoms with Crippen LogP contribution in [0.3, 0.4) is 0 Å². The molecule has 1 amide bonds. The van der Waals surface area contributed by atoms with E-state index in [9.17, 15) is 14.4 Å². The van der Waals surface area contributed by atoms with Crippen LogP contribution in [0.5, 0.6) is 0 Å². The number of aromatic nitrogens is 4. The molecule has 370 valence electrons. The molecule has 1 aromatic heterocycles. The van der Waals surface area contributed by atoms with Gasteiger partial charge < -0.3 is 62.2 Å². The number of carbonyl (C=O) groups excluding carboxylic acids is 3. The second kappa shape index (κ2) is 40.6. The van der Waals surface area contributed by atoms with Crippen molar-refractivity contribution in [3.63, 3.8) is 0 Å². The lowest BCUT2D eigenvalue weighted by molar-refractivity contribution is -0.120. The second-order valence-electron chi connectivity index (χ2n) is 15.3. The molecule has 0 bridgehead atoms. The number of aryl methyl sites for hydroxylation is 1. The fraction of sp³-hybridized carbons (Fsp3) is 0.756. The van der Waals surface area contributed by atoms with Gasteiger partial charge in [-0.2, -0.15) is 0 Å². The van der Waals surface area contributed by atoms with Crippen molar-refractivity contribution in [1.29, 1.82) is 0 Å². The van der Waals surface area contributed by atoms with Crippen LogP contribution >= 0.6 is 0 Å². The molecule has 0 atom stereocenters. The van der Waals surface area contributed by atoms with Crippen molar-refractivity contribution in [2.75, 3.05) is 152 Å². The van der Waals surface area contributed by atoms with Gasteiger partial charge in [-0.05, 0) is 45.6 Å². The molecule has 0 spiro atoms. The van der Waals surface area contributed by atoms with Gasteiger partial charge in [0.1, 0.15) is 17.2 Å². The Morgan fingerprint density at radius 3 is 1.22 bits per heavy atom. The number of nitrogens with one attached hydrogen (secondary N) is 1. The summed E-state index contributed by atoms with van der Waals surface area (Å²) in [5, 5.41) is 18.0. The first kappa shape index (κ1) is 57.5. The molecule has 1 heterocycles. The van der Waals surface area contributed by atoms with Crippen LogP contribution in [0.2, 0.25) is 0 Å². The second-order valence-corrected chi connectivity index (χ2v) is 15.3. The van der Waals surface area contributed by atoms with Gasteiger partial charge in [0.15, 0.2) is 6.33 Å². The Balaban J connectivity index is 1.18. The zero-order chi connectivity index (χ0) is 46.7. The van der Waals surface area contributed by atoms with Crippen molar-refractivity contribution in [1.82, 2.24) is 25.7 Å². The molecule has 20 heteroatoms. The summed E-state index contributed by atoms with van der Waals surface area (Å²) in [7, 11) is 0. The summed E-state index contributed by atoms with van der Waals surface area (Å²) in [6, 6.07) is 7.68. The molecule has 1 aromatic carbocycles. The smallest absolute Gasteiger partial charge is 0.407 e. The van der Waals surface area contributed by atoms with Crippen molar-refractivity contribution in [3.05, 3.63) is 36.2 Å². The highest BCUT2D eigenvalue weighted by atomic mass is 16.6. The molecule has 0 aliphatic heterocycles. The first-order valence-corrected chi connectivity index (χ1v) is 22.7. The number of amides is 1. The van der Waals surface area contributed by atoms with Crippen LogP contribution in [0.25, 0.3) is 11.4 Å². The molecule has 2 aromatic rings. The van der Waals surface area contributed by atoms with Gasteiger partial charge in [-0.3, -0.25) is 9.59 Å². The Labute approximate surface area is 384 Å². The van der Waals surface area contributed by atoms with Crippen molar-refractivity contribution in [2.24, 2.45) is 0 Å². The molecule has 0 aliphatic carbocycles. The average molecular weight is 926 g/mol. The Hall–Kier alpha value is -3.67. The predicted molar refractivity (Wildman–Crippen MR) is 238 cm³/mol. The van der Waals surface area contributed by atoms with E-state index < -0.39 is 11.7 Å². The summed E-state index contributed by atoms with van der Waals surface area (Å²) in [6.45, 7) is 16.0. The Kier molecular flexibility index (Phi) is 35.9. The van der Waals surface area contributed by atoms with E-state index in [0.29, 0.717) is 203 Å². The molecule has 1 N–H and O–H groups in total. The van der Waals surface area contributed by atoms with Crippen molar-refractivity contribution < 1.29 is 71.2 Å². The molecule has 0 saturated carbocycles. The summed E-state index contributed by atoms with van der Waals surface area (Å²) in [5.74, 6) is 0.770. The third kappa shape index (κ3) is 37.2. The van der Waals surface area contributed by atoms with E-state index in [2.05, 4.69) is 25.7 Å². The van der Waals surface area contributed by atoms with Crippen LogP contribution in [-0.2, 0) is 72.9 Å². The first-order chi connectivity index (χ1) is 31.7. The van der Waals surface area contributed by atoms with E-state index in [4.69, 9.17) is 56.8 Å². The largest absolute Gasteiger partial charge is 0.444 e. The highest BCUT2D eigenvalue weighted by molar-refractivity contribution is 5.81. The zero-order valence-electron chi connectivity index (χ0n) is 39.0. The van der Waals surface area contributed by atoms with Gasteiger partial charge in [0.25, 0.3) is 0 Å². The normalized spacial score (nSPS) is 11.6. The van der Waals surface area contributed by atoms with E-state index in [1.54, 1.807) is 0 Å². The predicted octanol–water partition coefficient (Wildman–Crippen LogP) is 3.66. The van der Waals surface area contributed by atoms with E-state index >= 15 is 0 Å². The summed E-state index contributed by atoms with van der Waals surface area (Å²) >= 11 is 0. The fourth-order valence-electron chi connectivity index (χ4n) is 5.37. The number of carbonyl (C=O) groups is 3. The molecule has 0 radical (unpaired) electrons. The van der Waals surface area contributed by atoms with Crippen LogP contribution in [0.1, 0.15) is 64.9 Å². The molecule has 65 heavy (non-hydrogen) atoms. The minimum absolute atomic E-state index is 0.153. The van der Waals surface area contributed by atoms with E-state index in [1.807, 2.05) is 45.0 Å². The Morgan fingerprint density at radius 2 is 0.815 bits per heavy atom. The van der Waals surface area contributed by atoms with E-state index in [1.165, 1.54) is 6.33 Å². The SMILES string of the molecule is CC(C)(C)OC(=O)NCCOCCOCCOCCOCCOCCOCCOCCOCCOCCOCCOCCCC(=O)CCCC(=O)CCc1ccc(-c2nncnn2)cc1. The van der Waals surface area contributed by atoms with E-state index in [-0.39, 0.29) is 11.6 Å². The van der Waals surface area contributed by atoms with Gasteiger partial charge in [0.05, 0.1) is 139 Å². The molecule has 20 nitrogen and oxygen atoms in total. The summed E-state index contributed by atoms with van der Waals surface area (Å²) in [5.41, 5.74) is 1.35. The Bertz CT molecular complexity index is 1440. The zero-order valence-corrected chi connectivity index (χ0v) is 39.0. The van der Waals surface area contributed by atoms with Gasteiger partial charge in [0, 0.05) is 44.4 Å². The lowest BCUT2D eigenvalue weighted by Gasteiger charge is -2.19. The maximum absolute atomic E-state index is 12.3. The van der Waals surface area contributed by atoms with Gasteiger partial charge in [-0.25, -0.2) is 4.79 Å². The summed E-state index contributed by atoms with van der Waals surface area (Å²) in [4.78, 5) is 36.0. The van der Waals surface area contributed by atoms with Crippen molar-refractivity contribution in [2.45, 2.75) is 71.3 Å². The molecule has 0 fully saturated rings. The highest BCUT2D eigenvalue weighted by Gasteiger charge is 2.15. The minimum Gasteiger partial charge on any atom is -0.444 e. The quantitative estimate of drug-likeness (QED) is 0.0936. The maximum atomic E-state index is 12.3. The molecule has 0 aliphatic rings. The maximum Gasteiger partial charge on any atom is 0.407 e. The molecule has 0 saturated heterocycles. The van der Waals surface area contributed by atoms with Gasteiger partial charge in [-0.1, -0.05) is 24.3 Å². The van der Waals surface area contributed by atoms with Crippen LogP contribution in [0.15, 0.2) is 30.6 Å². The average Bonchev–Trinajstić information content (AvgIpc) is 3.29. The highest BCUT2D eigenvalue weighted by Crippen LogP contribution is 2.15. The third-order valence-corrected chi connectivity index (χ3v) is 8.60. The summed E-state index contributed by atoms with van der Waals surface area (Å²) < 4.78 is 65.5. The van der Waals surface area contributed by atoms with Crippen LogP contribution in [0, 0.1) is 0 Å². The number of Topliss-reactive ketones (excluding diaryl/α,β-unsaturated/α-hetero) is 2. The van der Waals surface area contributed by atoms with Crippen LogP contribution < -0.4 is 5.32 Å². The molecule has 0 unspecified atom stereocenters. The number of hydrogen-bond donors (Lipinski definition) is 1. The number of ketones is 2. The minimum atomic E-state index is -0.521. The number of rotatable bonds is 45. The van der Waals surface area contributed by atoms with E-state index in [0.717, 1.165) is 11.1 Å². The number of ether oxygens (including phenoxy) is 12. The lowest BCUT2D eigenvalue weighted by Crippen LogP contribution is -2.34. The molecule has 2 rings (SSSR count).